The van der Waals surface area contributed by atoms with Gasteiger partial charge in [0.05, 0.1) is 4.88 Å². The molecular weight excluding hydrogens is 362 g/mol. The molecule has 140 valence electrons. The lowest BCUT2D eigenvalue weighted by molar-refractivity contribution is 0.0735. The van der Waals surface area contributed by atoms with E-state index in [1.165, 1.54) is 17.0 Å². The number of aliphatic hydroxyl groups excluding tert-OH is 1. The number of para-hydroxylation sites is 1. The minimum absolute atomic E-state index is 0.136. The topological polar surface area (TPSA) is 69.8 Å². The van der Waals surface area contributed by atoms with Crippen LogP contribution in [-0.4, -0.2) is 47.2 Å². The van der Waals surface area contributed by atoms with Gasteiger partial charge in [-0.25, -0.2) is 0 Å². The number of carbonyl (C=O) groups is 1. The summed E-state index contributed by atoms with van der Waals surface area (Å²) in [7, 11) is 0. The summed E-state index contributed by atoms with van der Waals surface area (Å²) in [6, 6.07) is 14.0. The standard InChI is InChI=1S/C20H21N3O3S/c1-14(24)19-17(18(21-26-19)16-8-5-13-27-16)20(25)23-11-9-22(10-12-23)15-6-3-2-4-7-15/h2-8,13-14,24H,9-12H2,1H3/t14-/m0/s1. The van der Waals surface area contributed by atoms with Crippen molar-refractivity contribution < 1.29 is 14.4 Å². The highest BCUT2D eigenvalue weighted by Crippen LogP contribution is 2.33. The summed E-state index contributed by atoms with van der Waals surface area (Å²) >= 11 is 1.49. The van der Waals surface area contributed by atoms with E-state index in [0.29, 0.717) is 24.3 Å². The van der Waals surface area contributed by atoms with Gasteiger partial charge >= 0.3 is 0 Å². The number of anilines is 1. The Labute approximate surface area is 161 Å². The average molecular weight is 383 g/mol. The summed E-state index contributed by atoms with van der Waals surface area (Å²) in [6.07, 6.45) is -0.893. The van der Waals surface area contributed by atoms with E-state index >= 15 is 0 Å². The Morgan fingerprint density at radius 2 is 1.89 bits per heavy atom. The summed E-state index contributed by atoms with van der Waals surface area (Å²) in [4.78, 5) is 18.2. The number of rotatable bonds is 4. The molecule has 1 saturated heterocycles. The molecule has 4 rings (SSSR count). The van der Waals surface area contributed by atoms with E-state index in [4.69, 9.17) is 4.52 Å². The minimum Gasteiger partial charge on any atom is -0.385 e. The van der Waals surface area contributed by atoms with E-state index in [9.17, 15) is 9.90 Å². The van der Waals surface area contributed by atoms with Crippen LogP contribution in [-0.2, 0) is 0 Å². The van der Waals surface area contributed by atoms with Crippen LogP contribution >= 0.6 is 11.3 Å². The van der Waals surface area contributed by atoms with Gasteiger partial charge in [0.25, 0.3) is 5.91 Å². The molecule has 1 N–H and O–H groups in total. The Bertz CT molecular complexity index is 898. The average Bonchev–Trinajstić information content (AvgIpc) is 3.37. The SMILES string of the molecule is C[C@H](O)c1onc(-c2cccs2)c1C(=O)N1CCN(c2ccccc2)CC1. The fraction of sp³-hybridized carbons (Fsp3) is 0.300. The van der Waals surface area contributed by atoms with Crippen LogP contribution in [0.25, 0.3) is 10.6 Å². The summed E-state index contributed by atoms with van der Waals surface area (Å²) in [6.45, 7) is 4.34. The Hall–Kier alpha value is -2.64. The molecule has 6 nitrogen and oxygen atoms in total. The first kappa shape index (κ1) is 17.8. The van der Waals surface area contributed by atoms with Crippen LogP contribution in [0.5, 0.6) is 0 Å². The molecule has 27 heavy (non-hydrogen) atoms. The Morgan fingerprint density at radius 1 is 1.15 bits per heavy atom. The summed E-state index contributed by atoms with van der Waals surface area (Å²) < 4.78 is 5.33. The zero-order valence-electron chi connectivity index (χ0n) is 15.0. The molecule has 1 amide bonds. The molecule has 0 unspecified atom stereocenters. The molecule has 2 aromatic heterocycles. The number of hydrogen-bond donors (Lipinski definition) is 1. The normalized spacial score (nSPS) is 15.8. The van der Waals surface area contributed by atoms with Crippen LogP contribution < -0.4 is 4.90 Å². The van der Waals surface area contributed by atoms with E-state index in [1.54, 1.807) is 6.92 Å². The van der Waals surface area contributed by atoms with Crippen LogP contribution in [0.4, 0.5) is 5.69 Å². The zero-order valence-corrected chi connectivity index (χ0v) is 15.9. The largest absolute Gasteiger partial charge is 0.385 e. The Morgan fingerprint density at radius 3 is 2.52 bits per heavy atom. The maximum atomic E-state index is 13.2. The molecule has 0 saturated carbocycles. The molecule has 1 atom stereocenters. The minimum atomic E-state index is -0.893. The second kappa shape index (κ2) is 7.54. The quantitative estimate of drug-likeness (QED) is 0.748. The highest BCUT2D eigenvalue weighted by Gasteiger charge is 2.31. The van der Waals surface area contributed by atoms with Crippen molar-refractivity contribution in [3.8, 4) is 10.6 Å². The van der Waals surface area contributed by atoms with Crippen LogP contribution in [0.15, 0.2) is 52.4 Å². The maximum Gasteiger partial charge on any atom is 0.260 e. The number of carbonyl (C=O) groups excluding carboxylic acids is 1. The van der Waals surface area contributed by atoms with Gasteiger partial charge in [-0.2, -0.15) is 0 Å². The Kier molecular flexibility index (Phi) is 4.96. The number of aromatic nitrogens is 1. The van der Waals surface area contributed by atoms with Gasteiger partial charge in [0.1, 0.15) is 17.4 Å². The van der Waals surface area contributed by atoms with E-state index in [-0.39, 0.29) is 11.7 Å². The Balaban J connectivity index is 1.56. The van der Waals surface area contributed by atoms with Gasteiger partial charge in [-0.05, 0) is 30.5 Å². The molecule has 0 aliphatic carbocycles. The molecule has 1 aliphatic rings. The number of aliphatic hydroxyl groups is 1. The molecular formula is C20H21N3O3S. The third-order valence-electron chi connectivity index (χ3n) is 4.75. The van der Waals surface area contributed by atoms with Gasteiger partial charge in [0, 0.05) is 31.9 Å². The van der Waals surface area contributed by atoms with Gasteiger partial charge in [0.15, 0.2) is 5.76 Å². The first-order chi connectivity index (χ1) is 13.1. The van der Waals surface area contributed by atoms with Gasteiger partial charge in [0.2, 0.25) is 0 Å². The monoisotopic (exact) mass is 383 g/mol. The highest BCUT2D eigenvalue weighted by molar-refractivity contribution is 7.13. The van der Waals surface area contributed by atoms with E-state index in [1.807, 2.05) is 40.6 Å². The first-order valence-corrected chi connectivity index (χ1v) is 9.84. The fourth-order valence-electron chi connectivity index (χ4n) is 3.34. The van der Waals surface area contributed by atoms with Crippen molar-refractivity contribution in [1.29, 1.82) is 0 Å². The predicted molar refractivity (Wildman–Crippen MR) is 105 cm³/mol. The lowest BCUT2D eigenvalue weighted by Gasteiger charge is -2.36. The molecule has 0 bridgehead atoms. The fourth-order valence-corrected chi connectivity index (χ4v) is 4.05. The van der Waals surface area contributed by atoms with E-state index < -0.39 is 6.10 Å². The highest BCUT2D eigenvalue weighted by atomic mass is 32.1. The van der Waals surface area contributed by atoms with Crippen molar-refractivity contribution in [2.45, 2.75) is 13.0 Å². The van der Waals surface area contributed by atoms with Crippen molar-refractivity contribution in [2.24, 2.45) is 0 Å². The third kappa shape index (κ3) is 3.48. The molecule has 0 spiro atoms. The summed E-state index contributed by atoms with van der Waals surface area (Å²) in [5.41, 5.74) is 2.05. The second-order valence-electron chi connectivity index (χ2n) is 6.54. The van der Waals surface area contributed by atoms with E-state index in [2.05, 4.69) is 22.2 Å². The predicted octanol–water partition coefficient (Wildman–Crippen LogP) is 3.42. The number of piperazine rings is 1. The van der Waals surface area contributed by atoms with Crippen LogP contribution in [0.2, 0.25) is 0 Å². The molecule has 3 aromatic rings. The van der Waals surface area contributed by atoms with E-state index in [0.717, 1.165) is 18.0 Å². The van der Waals surface area contributed by atoms with Crippen molar-refractivity contribution >= 4 is 22.9 Å². The lowest BCUT2D eigenvalue weighted by Crippen LogP contribution is -2.49. The number of amides is 1. The van der Waals surface area contributed by atoms with Crippen molar-refractivity contribution in [3.05, 3.63) is 59.2 Å². The molecule has 1 aromatic carbocycles. The zero-order chi connectivity index (χ0) is 18.8. The van der Waals surface area contributed by atoms with Crippen molar-refractivity contribution in [3.63, 3.8) is 0 Å². The molecule has 7 heteroatoms. The van der Waals surface area contributed by atoms with Crippen molar-refractivity contribution in [1.82, 2.24) is 10.1 Å². The molecule has 1 fully saturated rings. The second-order valence-corrected chi connectivity index (χ2v) is 7.49. The maximum absolute atomic E-state index is 13.2. The molecule has 3 heterocycles. The number of hydrogen-bond acceptors (Lipinski definition) is 6. The summed E-state index contributed by atoms with van der Waals surface area (Å²) in [5, 5.41) is 16.0. The third-order valence-corrected chi connectivity index (χ3v) is 5.63. The smallest absolute Gasteiger partial charge is 0.260 e. The van der Waals surface area contributed by atoms with Crippen molar-refractivity contribution in [2.75, 3.05) is 31.1 Å². The van der Waals surface area contributed by atoms with Crippen LogP contribution in [0.3, 0.4) is 0 Å². The van der Waals surface area contributed by atoms with Gasteiger partial charge in [-0.1, -0.05) is 29.4 Å². The number of benzene rings is 1. The van der Waals surface area contributed by atoms with Gasteiger partial charge in [-0.15, -0.1) is 11.3 Å². The van der Waals surface area contributed by atoms with Gasteiger partial charge < -0.3 is 19.4 Å². The number of thiophene rings is 1. The first-order valence-electron chi connectivity index (χ1n) is 8.96. The van der Waals surface area contributed by atoms with Crippen LogP contribution in [0.1, 0.15) is 29.1 Å². The molecule has 1 aliphatic heterocycles. The molecule has 0 radical (unpaired) electrons. The van der Waals surface area contributed by atoms with Crippen LogP contribution in [0, 0.1) is 0 Å². The number of nitrogens with zero attached hydrogens (tertiary/aromatic N) is 3. The lowest BCUT2D eigenvalue weighted by atomic mass is 10.1. The summed E-state index contributed by atoms with van der Waals surface area (Å²) in [5.74, 6) is 0.0946. The van der Waals surface area contributed by atoms with Gasteiger partial charge in [-0.3, -0.25) is 4.79 Å².